The standard InChI is InChI=1S/C9H10NO2S/c10-9(6-7-9)13(11,12)8-4-2-1-3-5-8/h1-5,10H,6-7H2. The Hall–Kier alpha value is -0.870. The van der Waals surface area contributed by atoms with E-state index in [4.69, 9.17) is 5.73 Å². The summed E-state index contributed by atoms with van der Waals surface area (Å²) in [5.41, 5.74) is 7.60. The summed E-state index contributed by atoms with van der Waals surface area (Å²) in [6.45, 7) is 0. The third-order valence-corrected chi connectivity index (χ3v) is 4.60. The van der Waals surface area contributed by atoms with E-state index in [1.807, 2.05) is 0 Å². The number of hydrogen-bond donors (Lipinski definition) is 0. The van der Waals surface area contributed by atoms with Crippen molar-refractivity contribution in [3.63, 3.8) is 0 Å². The van der Waals surface area contributed by atoms with Crippen molar-refractivity contribution in [3.8, 4) is 0 Å². The zero-order chi connectivity index (χ0) is 9.53. The molecule has 1 radical (unpaired) electrons. The van der Waals surface area contributed by atoms with Gasteiger partial charge in [-0.1, -0.05) is 18.2 Å². The van der Waals surface area contributed by atoms with Crippen molar-refractivity contribution in [2.24, 2.45) is 0 Å². The van der Waals surface area contributed by atoms with Crippen LogP contribution < -0.4 is 5.73 Å². The van der Waals surface area contributed by atoms with Crippen LogP contribution in [0.2, 0.25) is 0 Å². The molecular formula is C9H10NO2S. The predicted octanol–water partition coefficient (Wildman–Crippen LogP) is 1.23. The Bertz CT molecular complexity index is 407. The van der Waals surface area contributed by atoms with Gasteiger partial charge in [0.2, 0.25) is 0 Å². The summed E-state index contributed by atoms with van der Waals surface area (Å²) < 4.78 is 23.5. The normalized spacial score (nSPS) is 19.8. The highest BCUT2D eigenvalue weighted by Crippen LogP contribution is 2.43. The van der Waals surface area contributed by atoms with Crippen molar-refractivity contribution in [1.82, 2.24) is 5.73 Å². The summed E-state index contributed by atoms with van der Waals surface area (Å²) >= 11 is 0. The van der Waals surface area contributed by atoms with Gasteiger partial charge in [-0.05, 0) is 25.0 Å². The van der Waals surface area contributed by atoms with E-state index < -0.39 is 14.7 Å². The Morgan fingerprint density at radius 1 is 1.15 bits per heavy atom. The van der Waals surface area contributed by atoms with E-state index in [9.17, 15) is 8.42 Å². The summed E-state index contributed by atoms with van der Waals surface area (Å²) in [5.74, 6) is 0. The van der Waals surface area contributed by atoms with Gasteiger partial charge in [-0.2, -0.15) is 0 Å². The van der Waals surface area contributed by atoms with Gasteiger partial charge < -0.3 is 0 Å². The molecule has 1 aromatic rings. The minimum Gasteiger partial charge on any atom is -0.235 e. The fourth-order valence-corrected chi connectivity index (χ4v) is 2.81. The van der Waals surface area contributed by atoms with Gasteiger partial charge in [0.1, 0.15) is 4.87 Å². The number of sulfone groups is 1. The molecule has 1 N–H and O–H groups in total. The topological polar surface area (TPSA) is 57.9 Å². The maximum atomic E-state index is 11.7. The van der Waals surface area contributed by atoms with Crippen LogP contribution in [-0.2, 0) is 9.84 Å². The maximum Gasteiger partial charge on any atom is 0.198 e. The van der Waals surface area contributed by atoms with Crippen molar-refractivity contribution in [2.45, 2.75) is 22.6 Å². The van der Waals surface area contributed by atoms with Gasteiger partial charge in [-0.25, -0.2) is 14.2 Å². The third kappa shape index (κ3) is 1.26. The Kier molecular flexibility index (Phi) is 1.72. The summed E-state index contributed by atoms with van der Waals surface area (Å²) in [6.07, 6.45) is 0.925. The molecule has 0 atom stereocenters. The lowest BCUT2D eigenvalue weighted by Gasteiger charge is -2.08. The van der Waals surface area contributed by atoms with E-state index >= 15 is 0 Å². The third-order valence-electron chi connectivity index (χ3n) is 2.27. The molecule has 1 saturated carbocycles. The van der Waals surface area contributed by atoms with E-state index in [2.05, 4.69) is 0 Å². The van der Waals surface area contributed by atoms with Gasteiger partial charge in [0, 0.05) is 0 Å². The van der Waals surface area contributed by atoms with Crippen molar-refractivity contribution in [1.29, 1.82) is 0 Å². The van der Waals surface area contributed by atoms with Crippen molar-refractivity contribution in [3.05, 3.63) is 30.3 Å². The summed E-state index contributed by atoms with van der Waals surface area (Å²) in [5, 5.41) is 0. The molecule has 0 bridgehead atoms. The number of hydrogen-bond acceptors (Lipinski definition) is 2. The molecule has 3 nitrogen and oxygen atoms in total. The van der Waals surface area contributed by atoms with Gasteiger partial charge in [-0.3, -0.25) is 0 Å². The molecule has 1 aromatic carbocycles. The molecule has 1 aliphatic carbocycles. The first-order chi connectivity index (χ1) is 6.06. The summed E-state index contributed by atoms with van der Waals surface area (Å²) in [4.78, 5) is -0.962. The van der Waals surface area contributed by atoms with Crippen LogP contribution in [0.15, 0.2) is 35.2 Å². The first kappa shape index (κ1) is 8.72. The zero-order valence-corrected chi connectivity index (χ0v) is 7.84. The van der Waals surface area contributed by atoms with Gasteiger partial charge in [-0.15, -0.1) is 0 Å². The number of rotatable bonds is 2. The maximum absolute atomic E-state index is 11.7. The second-order valence-electron chi connectivity index (χ2n) is 3.31. The molecule has 0 saturated heterocycles. The Labute approximate surface area is 77.5 Å². The van der Waals surface area contributed by atoms with E-state index in [1.54, 1.807) is 30.3 Å². The molecule has 1 fully saturated rings. The van der Waals surface area contributed by atoms with Crippen LogP contribution in [0, 0.1) is 0 Å². The molecule has 0 aromatic heterocycles. The molecule has 0 unspecified atom stereocenters. The molecule has 0 spiro atoms. The van der Waals surface area contributed by atoms with Crippen LogP contribution in [0.5, 0.6) is 0 Å². The first-order valence-electron chi connectivity index (χ1n) is 4.11. The van der Waals surface area contributed by atoms with E-state index in [1.165, 1.54) is 0 Å². The highest BCUT2D eigenvalue weighted by molar-refractivity contribution is 7.93. The average Bonchev–Trinajstić information content (AvgIpc) is 2.87. The second-order valence-corrected chi connectivity index (χ2v) is 5.57. The molecular weight excluding hydrogens is 186 g/mol. The Balaban J connectivity index is 2.48. The minimum absolute atomic E-state index is 0.266. The molecule has 0 amide bonds. The van der Waals surface area contributed by atoms with Crippen LogP contribution in [0.4, 0.5) is 0 Å². The number of benzene rings is 1. The second kappa shape index (κ2) is 2.56. The molecule has 4 heteroatoms. The number of nitrogens with one attached hydrogen (secondary N) is 1. The summed E-state index contributed by atoms with van der Waals surface area (Å²) in [6, 6.07) is 8.22. The van der Waals surface area contributed by atoms with Gasteiger partial charge in [0.15, 0.2) is 9.84 Å². The van der Waals surface area contributed by atoms with Gasteiger partial charge >= 0.3 is 0 Å². The quantitative estimate of drug-likeness (QED) is 0.714. The van der Waals surface area contributed by atoms with E-state index in [0.717, 1.165) is 0 Å². The fourth-order valence-electron chi connectivity index (χ4n) is 1.21. The highest BCUT2D eigenvalue weighted by Gasteiger charge is 2.52. The minimum atomic E-state index is -3.40. The molecule has 2 rings (SSSR count). The summed E-state index contributed by atoms with van der Waals surface area (Å²) in [7, 11) is -3.40. The highest BCUT2D eigenvalue weighted by atomic mass is 32.2. The van der Waals surface area contributed by atoms with Crippen molar-refractivity contribution < 1.29 is 8.42 Å². The van der Waals surface area contributed by atoms with Crippen LogP contribution in [0.1, 0.15) is 12.8 Å². The Morgan fingerprint density at radius 2 is 1.69 bits per heavy atom. The van der Waals surface area contributed by atoms with Crippen molar-refractivity contribution >= 4 is 9.84 Å². The van der Waals surface area contributed by atoms with E-state index in [0.29, 0.717) is 12.8 Å². The fraction of sp³-hybridized carbons (Fsp3) is 0.333. The first-order valence-corrected chi connectivity index (χ1v) is 5.59. The van der Waals surface area contributed by atoms with Crippen LogP contribution in [-0.4, -0.2) is 13.3 Å². The lowest BCUT2D eigenvalue weighted by atomic mass is 10.4. The van der Waals surface area contributed by atoms with Crippen molar-refractivity contribution in [2.75, 3.05) is 0 Å². The van der Waals surface area contributed by atoms with Crippen LogP contribution in [0.25, 0.3) is 0 Å². The lowest BCUT2D eigenvalue weighted by molar-refractivity contribution is 0.576. The molecule has 0 aliphatic heterocycles. The SMILES string of the molecule is [NH]C1(S(=O)(=O)c2ccccc2)CC1. The molecule has 69 valence electrons. The lowest BCUT2D eigenvalue weighted by Crippen LogP contribution is -2.24. The monoisotopic (exact) mass is 196 g/mol. The van der Waals surface area contributed by atoms with Crippen LogP contribution in [0.3, 0.4) is 0 Å². The average molecular weight is 196 g/mol. The smallest absolute Gasteiger partial charge is 0.198 e. The van der Waals surface area contributed by atoms with Crippen LogP contribution >= 0.6 is 0 Å². The molecule has 13 heavy (non-hydrogen) atoms. The molecule has 0 heterocycles. The van der Waals surface area contributed by atoms with Gasteiger partial charge in [0.25, 0.3) is 0 Å². The predicted molar refractivity (Wildman–Crippen MR) is 48.7 cm³/mol. The zero-order valence-electron chi connectivity index (χ0n) is 7.03. The van der Waals surface area contributed by atoms with Gasteiger partial charge in [0.05, 0.1) is 4.90 Å². The Morgan fingerprint density at radius 3 is 2.15 bits per heavy atom. The molecule has 1 aliphatic rings. The van der Waals surface area contributed by atoms with E-state index in [-0.39, 0.29) is 4.90 Å². The largest absolute Gasteiger partial charge is 0.235 e.